The summed E-state index contributed by atoms with van der Waals surface area (Å²) in [5.74, 6) is 1.09. The molecule has 1 N–H and O–H groups in total. The van der Waals surface area contributed by atoms with E-state index in [1.165, 1.54) is 0 Å². The highest BCUT2D eigenvalue weighted by atomic mass is 16.5. The van der Waals surface area contributed by atoms with Crippen LogP contribution >= 0.6 is 0 Å². The predicted octanol–water partition coefficient (Wildman–Crippen LogP) is 2.99. The fraction of sp³-hybridized carbons (Fsp3) is 0.200. The van der Waals surface area contributed by atoms with Crippen molar-refractivity contribution < 1.29 is 9.84 Å². The van der Waals surface area contributed by atoms with Gasteiger partial charge in [0.25, 0.3) is 0 Å². The monoisotopic (exact) mass is 254 g/mol. The molecular weight excluding hydrogens is 240 g/mol. The van der Waals surface area contributed by atoms with Gasteiger partial charge in [-0.3, -0.25) is 0 Å². The van der Waals surface area contributed by atoms with Crippen LogP contribution in [0.1, 0.15) is 24.2 Å². The van der Waals surface area contributed by atoms with Gasteiger partial charge in [0, 0.05) is 12.3 Å². The van der Waals surface area contributed by atoms with Crippen LogP contribution in [0.3, 0.4) is 0 Å². The molecule has 0 amide bonds. The number of pyridine rings is 1. The number of benzene rings is 1. The van der Waals surface area contributed by atoms with Crippen LogP contribution in [0, 0.1) is 11.3 Å². The maximum Gasteiger partial charge on any atom is 0.219 e. The fourth-order valence-electron chi connectivity index (χ4n) is 1.63. The molecule has 1 aromatic carbocycles. The van der Waals surface area contributed by atoms with Crippen LogP contribution in [-0.2, 0) is 6.42 Å². The zero-order valence-corrected chi connectivity index (χ0v) is 10.6. The van der Waals surface area contributed by atoms with Gasteiger partial charge in [-0.1, -0.05) is 12.1 Å². The van der Waals surface area contributed by atoms with Gasteiger partial charge in [0.2, 0.25) is 5.88 Å². The third kappa shape index (κ3) is 3.54. The van der Waals surface area contributed by atoms with Crippen LogP contribution in [0.25, 0.3) is 0 Å². The second kappa shape index (κ2) is 5.98. The Morgan fingerprint density at radius 1 is 1.32 bits per heavy atom. The summed E-state index contributed by atoms with van der Waals surface area (Å²) in [7, 11) is 0. The second-order valence-corrected chi connectivity index (χ2v) is 4.18. The maximum atomic E-state index is 9.50. The van der Waals surface area contributed by atoms with Crippen LogP contribution in [0.15, 0.2) is 42.6 Å². The molecule has 0 aliphatic carbocycles. The van der Waals surface area contributed by atoms with E-state index in [4.69, 9.17) is 10.00 Å². The van der Waals surface area contributed by atoms with Crippen molar-refractivity contribution in [1.82, 2.24) is 4.98 Å². The van der Waals surface area contributed by atoms with Crippen molar-refractivity contribution in [2.75, 3.05) is 0 Å². The van der Waals surface area contributed by atoms with Gasteiger partial charge in [-0.2, -0.15) is 5.26 Å². The minimum atomic E-state index is -0.552. The minimum Gasteiger partial charge on any atom is -0.439 e. The molecule has 4 nitrogen and oxygen atoms in total. The first kappa shape index (κ1) is 13.1. The Labute approximate surface area is 111 Å². The van der Waals surface area contributed by atoms with Crippen LogP contribution < -0.4 is 4.74 Å². The highest BCUT2D eigenvalue weighted by molar-refractivity contribution is 5.32. The number of hydrogen-bond acceptors (Lipinski definition) is 4. The van der Waals surface area contributed by atoms with E-state index in [9.17, 15) is 5.11 Å². The Hall–Kier alpha value is -2.38. The first-order chi connectivity index (χ1) is 9.19. The van der Waals surface area contributed by atoms with Gasteiger partial charge in [0.05, 0.1) is 18.6 Å². The Morgan fingerprint density at radius 3 is 2.68 bits per heavy atom. The molecule has 0 aliphatic heterocycles. The Morgan fingerprint density at radius 2 is 2.05 bits per heavy atom. The van der Waals surface area contributed by atoms with Crippen molar-refractivity contribution in [3.05, 3.63) is 53.7 Å². The first-order valence-corrected chi connectivity index (χ1v) is 5.97. The summed E-state index contributed by atoms with van der Waals surface area (Å²) in [4.78, 5) is 4.09. The molecule has 19 heavy (non-hydrogen) atoms. The van der Waals surface area contributed by atoms with Crippen molar-refractivity contribution >= 4 is 0 Å². The van der Waals surface area contributed by atoms with Crippen molar-refractivity contribution in [2.24, 2.45) is 0 Å². The number of nitrogens with zero attached hydrogens (tertiary/aromatic N) is 2. The summed E-state index contributed by atoms with van der Waals surface area (Å²) >= 11 is 0. The molecule has 2 rings (SSSR count). The van der Waals surface area contributed by atoms with E-state index in [1.54, 1.807) is 37.4 Å². The zero-order chi connectivity index (χ0) is 13.7. The highest BCUT2D eigenvalue weighted by Crippen LogP contribution is 2.22. The molecule has 96 valence electrons. The van der Waals surface area contributed by atoms with Gasteiger partial charge < -0.3 is 9.84 Å². The third-order valence-electron chi connectivity index (χ3n) is 2.67. The average Bonchev–Trinajstić information content (AvgIpc) is 2.42. The molecule has 1 aromatic heterocycles. The first-order valence-electron chi connectivity index (χ1n) is 5.97. The van der Waals surface area contributed by atoms with Crippen LogP contribution in [0.5, 0.6) is 11.6 Å². The molecule has 0 saturated heterocycles. The zero-order valence-electron chi connectivity index (χ0n) is 10.6. The molecule has 2 aromatic rings. The van der Waals surface area contributed by atoms with Crippen LogP contribution in [-0.4, -0.2) is 10.1 Å². The summed E-state index contributed by atoms with van der Waals surface area (Å²) in [6.07, 6.45) is 1.43. The number of nitriles is 1. The van der Waals surface area contributed by atoms with Gasteiger partial charge >= 0.3 is 0 Å². The van der Waals surface area contributed by atoms with E-state index in [1.807, 2.05) is 12.1 Å². The lowest BCUT2D eigenvalue weighted by Gasteiger charge is -2.08. The van der Waals surface area contributed by atoms with E-state index >= 15 is 0 Å². The number of ether oxygens (including phenoxy) is 1. The van der Waals surface area contributed by atoms with Gasteiger partial charge in [0.1, 0.15) is 5.75 Å². The Kier molecular flexibility index (Phi) is 4.11. The summed E-state index contributed by atoms with van der Waals surface area (Å²) in [5.41, 5.74) is 1.70. The molecule has 1 heterocycles. The van der Waals surface area contributed by atoms with Crippen molar-refractivity contribution in [3.63, 3.8) is 0 Å². The SMILES string of the molecule is C[C@H](O)c1ccnc(Oc2ccc(CC#N)cc2)c1. The molecular formula is C15H14N2O2. The van der Waals surface area contributed by atoms with Gasteiger partial charge in [-0.25, -0.2) is 4.98 Å². The van der Waals surface area contributed by atoms with Gasteiger partial charge in [-0.15, -0.1) is 0 Å². The molecule has 1 atom stereocenters. The number of aromatic nitrogens is 1. The summed E-state index contributed by atoms with van der Waals surface area (Å²) < 4.78 is 5.60. The minimum absolute atomic E-state index is 0.385. The standard InChI is InChI=1S/C15H14N2O2/c1-11(18)13-7-9-17-15(10-13)19-14-4-2-12(3-5-14)6-8-16/h2-5,7,9-11,18H,6H2,1H3/t11-/m0/s1. The second-order valence-electron chi connectivity index (χ2n) is 4.18. The number of hydrogen-bond donors (Lipinski definition) is 1. The molecule has 0 bridgehead atoms. The van der Waals surface area contributed by atoms with E-state index < -0.39 is 6.10 Å². The topological polar surface area (TPSA) is 66.1 Å². The molecule has 0 spiro atoms. The smallest absolute Gasteiger partial charge is 0.219 e. The predicted molar refractivity (Wildman–Crippen MR) is 70.7 cm³/mol. The summed E-state index contributed by atoms with van der Waals surface area (Å²) in [5, 5.41) is 18.1. The molecule has 0 radical (unpaired) electrons. The van der Waals surface area contributed by atoms with Crippen molar-refractivity contribution in [3.8, 4) is 17.7 Å². The van der Waals surface area contributed by atoms with E-state index in [2.05, 4.69) is 11.1 Å². The lowest BCUT2D eigenvalue weighted by Crippen LogP contribution is -1.94. The molecule has 0 fully saturated rings. The lowest BCUT2D eigenvalue weighted by molar-refractivity contribution is 0.198. The molecule has 0 unspecified atom stereocenters. The highest BCUT2D eigenvalue weighted by Gasteiger charge is 2.04. The summed E-state index contributed by atoms with van der Waals surface area (Å²) in [6, 6.07) is 12.8. The van der Waals surface area contributed by atoms with Crippen molar-refractivity contribution in [2.45, 2.75) is 19.4 Å². The fourth-order valence-corrected chi connectivity index (χ4v) is 1.63. The van der Waals surface area contributed by atoms with Gasteiger partial charge in [0.15, 0.2) is 0 Å². The van der Waals surface area contributed by atoms with Crippen LogP contribution in [0.2, 0.25) is 0 Å². The van der Waals surface area contributed by atoms with Crippen LogP contribution in [0.4, 0.5) is 0 Å². The number of aliphatic hydroxyl groups excluding tert-OH is 1. The Balaban J connectivity index is 2.12. The number of rotatable bonds is 4. The quantitative estimate of drug-likeness (QED) is 0.910. The normalized spacial score (nSPS) is 11.6. The Bertz CT molecular complexity index is 586. The third-order valence-corrected chi connectivity index (χ3v) is 2.67. The molecule has 0 saturated carbocycles. The number of aliphatic hydroxyl groups is 1. The molecule has 0 aliphatic rings. The van der Waals surface area contributed by atoms with E-state index in [0.29, 0.717) is 18.1 Å². The van der Waals surface area contributed by atoms with E-state index in [-0.39, 0.29) is 0 Å². The van der Waals surface area contributed by atoms with Crippen molar-refractivity contribution in [1.29, 1.82) is 5.26 Å². The van der Waals surface area contributed by atoms with Gasteiger partial charge in [-0.05, 0) is 36.2 Å². The lowest BCUT2D eigenvalue weighted by atomic mass is 10.1. The van der Waals surface area contributed by atoms with E-state index in [0.717, 1.165) is 11.1 Å². The largest absolute Gasteiger partial charge is 0.439 e. The molecule has 4 heteroatoms. The summed E-state index contributed by atoms with van der Waals surface area (Å²) in [6.45, 7) is 1.69. The maximum absolute atomic E-state index is 9.50. The average molecular weight is 254 g/mol.